The number of aryl methyl sites for hydroxylation is 1. The number of benzene rings is 1. The first-order valence-electron chi connectivity index (χ1n) is 6.68. The molecule has 2 rings (SSSR count). The maximum absolute atomic E-state index is 12.3. The Morgan fingerprint density at radius 2 is 2.11 bits per heavy atom. The van der Waals surface area contributed by atoms with E-state index in [1.165, 1.54) is 11.1 Å². The summed E-state index contributed by atoms with van der Waals surface area (Å²) >= 11 is 0. The molecule has 1 fully saturated rings. The summed E-state index contributed by atoms with van der Waals surface area (Å²) in [5.74, 6) is 0.428. The summed E-state index contributed by atoms with van der Waals surface area (Å²) in [6, 6.07) is 8.38. The van der Waals surface area contributed by atoms with Crippen molar-refractivity contribution in [3.05, 3.63) is 35.4 Å². The lowest BCUT2D eigenvalue weighted by molar-refractivity contribution is -0.135. The van der Waals surface area contributed by atoms with Crippen molar-refractivity contribution in [3.63, 3.8) is 0 Å². The summed E-state index contributed by atoms with van der Waals surface area (Å²) in [6.45, 7) is 4.66. The maximum Gasteiger partial charge on any atom is 0.227 e. The van der Waals surface area contributed by atoms with Gasteiger partial charge in [-0.2, -0.15) is 0 Å². The molecule has 0 bridgehead atoms. The van der Waals surface area contributed by atoms with Crippen molar-refractivity contribution < 1.29 is 4.79 Å². The summed E-state index contributed by atoms with van der Waals surface area (Å²) in [5, 5.41) is 3.29. The van der Waals surface area contributed by atoms with Crippen molar-refractivity contribution in [3.8, 4) is 0 Å². The Morgan fingerprint density at radius 3 is 2.72 bits per heavy atom. The highest BCUT2D eigenvalue weighted by atomic mass is 16.2. The molecule has 18 heavy (non-hydrogen) atoms. The van der Waals surface area contributed by atoms with Crippen LogP contribution in [0.15, 0.2) is 24.3 Å². The van der Waals surface area contributed by atoms with Crippen LogP contribution in [0, 0.1) is 12.8 Å². The fourth-order valence-corrected chi connectivity index (χ4v) is 2.42. The number of hydrogen-bond donors (Lipinski definition) is 1. The molecule has 0 spiro atoms. The van der Waals surface area contributed by atoms with Crippen molar-refractivity contribution in [1.82, 2.24) is 10.2 Å². The molecule has 1 aliphatic heterocycles. The van der Waals surface area contributed by atoms with E-state index in [0.29, 0.717) is 6.54 Å². The van der Waals surface area contributed by atoms with E-state index in [2.05, 4.69) is 36.5 Å². The number of nitrogens with one attached hydrogen (secondary N) is 1. The first kappa shape index (κ1) is 13.1. The van der Waals surface area contributed by atoms with Crippen LogP contribution in [0.2, 0.25) is 0 Å². The zero-order valence-corrected chi connectivity index (χ0v) is 11.3. The van der Waals surface area contributed by atoms with Gasteiger partial charge in [-0.15, -0.1) is 0 Å². The molecule has 1 heterocycles. The second-order valence-corrected chi connectivity index (χ2v) is 5.22. The average Bonchev–Trinajstić information content (AvgIpc) is 2.41. The lowest BCUT2D eigenvalue weighted by atomic mass is 9.98. The molecule has 1 amide bonds. The molecular weight excluding hydrogens is 224 g/mol. The third-order valence-electron chi connectivity index (χ3n) is 3.56. The third kappa shape index (κ3) is 3.33. The van der Waals surface area contributed by atoms with Crippen LogP contribution in [0.4, 0.5) is 0 Å². The lowest BCUT2D eigenvalue weighted by Gasteiger charge is -2.27. The van der Waals surface area contributed by atoms with Crippen LogP contribution in [0.1, 0.15) is 24.0 Å². The molecule has 1 aromatic carbocycles. The Bertz CT molecular complexity index is 393. The van der Waals surface area contributed by atoms with Crippen LogP contribution < -0.4 is 5.32 Å². The Balaban J connectivity index is 1.92. The molecule has 1 aromatic rings. The van der Waals surface area contributed by atoms with Crippen LogP contribution in [0.3, 0.4) is 0 Å². The van der Waals surface area contributed by atoms with Gasteiger partial charge in [0.15, 0.2) is 0 Å². The van der Waals surface area contributed by atoms with E-state index >= 15 is 0 Å². The van der Waals surface area contributed by atoms with E-state index in [4.69, 9.17) is 0 Å². The van der Waals surface area contributed by atoms with Gasteiger partial charge < -0.3 is 10.2 Å². The van der Waals surface area contributed by atoms with Gasteiger partial charge in [0.05, 0.1) is 5.92 Å². The highest BCUT2D eigenvalue weighted by Gasteiger charge is 2.23. The van der Waals surface area contributed by atoms with Crippen molar-refractivity contribution in [2.45, 2.75) is 26.3 Å². The summed E-state index contributed by atoms with van der Waals surface area (Å²) in [4.78, 5) is 14.1. The van der Waals surface area contributed by atoms with Crippen molar-refractivity contribution in [2.24, 2.45) is 5.92 Å². The Morgan fingerprint density at radius 1 is 1.39 bits per heavy atom. The van der Waals surface area contributed by atoms with Gasteiger partial charge in [0.25, 0.3) is 0 Å². The van der Waals surface area contributed by atoms with Gasteiger partial charge >= 0.3 is 0 Å². The summed E-state index contributed by atoms with van der Waals surface area (Å²) < 4.78 is 0. The molecule has 3 heteroatoms. The monoisotopic (exact) mass is 246 g/mol. The van der Waals surface area contributed by atoms with Crippen molar-refractivity contribution in [2.75, 3.05) is 20.1 Å². The SMILES string of the molecule is Cc1ccc(CN(C)C(=O)C2CCCNC2)cc1. The number of rotatable bonds is 3. The first-order valence-corrected chi connectivity index (χ1v) is 6.68. The molecule has 0 aromatic heterocycles. The zero-order valence-electron chi connectivity index (χ0n) is 11.3. The smallest absolute Gasteiger partial charge is 0.227 e. The van der Waals surface area contributed by atoms with E-state index in [-0.39, 0.29) is 11.8 Å². The van der Waals surface area contributed by atoms with Crippen LogP contribution >= 0.6 is 0 Å². The highest BCUT2D eigenvalue weighted by Crippen LogP contribution is 2.14. The Hall–Kier alpha value is -1.35. The van der Waals surface area contributed by atoms with E-state index in [1.807, 2.05) is 11.9 Å². The maximum atomic E-state index is 12.3. The largest absolute Gasteiger partial charge is 0.341 e. The molecule has 1 unspecified atom stereocenters. The normalized spacial score (nSPS) is 19.6. The molecule has 98 valence electrons. The first-order chi connectivity index (χ1) is 8.66. The second kappa shape index (κ2) is 6.01. The van der Waals surface area contributed by atoms with Gasteiger partial charge in [-0.25, -0.2) is 0 Å². The lowest BCUT2D eigenvalue weighted by Crippen LogP contribution is -2.41. The second-order valence-electron chi connectivity index (χ2n) is 5.22. The fourth-order valence-electron chi connectivity index (χ4n) is 2.42. The van der Waals surface area contributed by atoms with E-state index in [0.717, 1.165) is 25.9 Å². The Kier molecular flexibility index (Phi) is 4.37. The quantitative estimate of drug-likeness (QED) is 0.884. The summed E-state index contributed by atoms with van der Waals surface area (Å²) in [6.07, 6.45) is 2.12. The molecule has 1 aliphatic rings. The topological polar surface area (TPSA) is 32.3 Å². The van der Waals surface area contributed by atoms with Gasteiger partial charge in [0, 0.05) is 20.1 Å². The molecule has 3 nitrogen and oxygen atoms in total. The van der Waals surface area contributed by atoms with Gasteiger partial charge in [-0.3, -0.25) is 4.79 Å². The summed E-state index contributed by atoms with van der Waals surface area (Å²) in [5.41, 5.74) is 2.45. The molecule has 1 atom stereocenters. The van der Waals surface area contributed by atoms with Crippen LogP contribution in [0.25, 0.3) is 0 Å². The van der Waals surface area contributed by atoms with Gasteiger partial charge in [0.2, 0.25) is 5.91 Å². The molecule has 0 saturated carbocycles. The molecule has 1 N–H and O–H groups in total. The van der Waals surface area contributed by atoms with Crippen LogP contribution in [-0.4, -0.2) is 30.9 Å². The number of piperidine rings is 1. The number of carbonyl (C=O) groups is 1. The third-order valence-corrected chi connectivity index (χ3v) is 3.56. The minimum atomic E-state index is 0.161. The van der Waals surface area contributed by atoms with Crippen LogP contribution in [0.5, 0.6) is 0 Å². The van der Waals surface area contributed by atoms with Crippen LogP contribution in [-0.2, 0) is 11.3 Å². The molecule has 0 aliphatic carbocycles. The van der Waals surface area contributed by atoms with Gasteiger partial charge in [-0.1, -0.05) is 29.8 Å². The number of nitrogens with zero attached hydrogens (tertiary/aromatic N) is 1. The minimum absolute atomic E-state index is 0.161. The average molecular weight is 246 g/mol. The van der Waals surface area contributed by atoms with Gasteiger partial charge in [-0.05, 0) is 31.9 Å². The fraction of sp³-hybridized carbons (Fsp3) is 0.533. The zero-order chi connectivity index (χ0) is 13.0. The predicted molar refractivity (Wildman–Crippen MR) is 73.2 cm³/mol. The van der Waals surface area contributed by atoms with Gasteiger partial charge in [0.1, 0.15) is 0 Å². The number of hydrogen-bond acceptors (Lipinski definition) is 2. The molecule has 1 saturated heterocycles. The predicted octanol–water partition coefficient (Wildman–Crippen LogP) is 1.95. The number of amides is 1. The minimum Gasteiger partial charge on any atom is -0.341 e. The highest BCUT2D eigenvalue weighted by molar-refractivity contribution is 5.78. The number of carbonyl (C=O) groups excluding carboxylic acids is 1. The standard InChI is InChI=1S/C15H22N2O/c1-12-5-7-13(8-6-12)11-17(2)15(18)14-4-3-9-16-10-14/h5-8,14,16H,3-4,9-11H2,1-2H3. The Labute approximate surface area is 109 Å². The van der Waals surface area contributed by atoms with E-state index in [9.17, 15) is 4.79 Å². The van der Waals surface area contributed by atoms with E-state index in [1.54, 1.807) is 0 Å². The summed E-state index contributed by atoms with van der Waals surface area (Å²) in [7, 11) is 1.90. The van der Waals surface area contributed by atoms with Crippen molar-refractivity contribution in [1.29, 1.82) is 0 Å². The molecular formula is C15H22N2O. The molecule has 0 radical (unpaired) electrons. The van der Waals surface area contributed by atoms with E-state index < -0.39 is 0 Å². The van der Waals surface area contributed by atoms with Crippen molar-refractivity contribution >= 4 is 5.91 Å².